The topological polar surface area (TPSA) is 33.6 Å². The lowest BCUT2D eigenvalue weighted by Gasteiger charge is -2.22. The van der Waals surface area contributed by atoms with Gasteiger partial charge >= 0.3 is 6.18 Å². The lowest BCUT2D eigenvalue weighted by molar-refractivity contribution is -0.137. The van der Waals surface area contributed by atoms with Gasteiger partial charge in [0.2, 0.25) is 0 Å². The van der Waals surface area contributed by atoms with E-state index in [1.54, 1.807) is 13.0 Å². The Morgan fingerprint density at radius 1 is 0.388 bits per heavy atom. The van der Waals surface area contributed by atoms with E-state index in [1.165, 1.54) is 34.4 Å². The van der Waals surface area contributed by atoms with Crippen molar-refractivity contribution >= 4 is 43.6 Å². The van der Waals surface area contributed by atoms with E-state index >= 15 is 0 Å². The molecule has 0 unspecified atom stereocenters. The van der Waals surface area contributed by atoms with Gasteiger partial charge in [-0.05, 0) is 152 Å². The number of halogens is 3. The van der Waals surface area contributed by atoms with Crippen molar-refractivity contribution in [3.8, 4) is 39.7 Å². The van der Waals surface area contributed by atoms with Crippen LogP contribution < -0.4 is 0 Å². The molecule has 0 aliphatic carbocycles. The predicted molar refractivity (Wildman–Crippen MR) is 275 cm³/mol. The number of benzene rings is 7. The molecule has 0 aliphatic rings. The van der Waals surface area contributed by atoms with Crippen molar-refractivity contribution < 1.29 is 13.2 Å². The summed E-state index contributed by atoms with van der Waals surface area (Å²) in [6.45, 7) is 28.6. The fraction of sp³-hybridized carbons (Fsp3) is 0.295. The minimum Gasteiger partial charge on any atom is -0.309 e. The van der Waals surface area contributed by atoms with Gasteiger partial charge in [0.1, 0.15) is 0 Å². The van der Waals surface area contributed by atoms with Crippen LogP contribution in [0.1, 0.15) is 122 Å². The van der Waals surface area contributed by atoms with Crippen LogP contribution in [0.2, 0.25) is 0 Å². The van der Waals surface area contributed by atoms with Crippen LogP contribution in [-0.4, -0.2) is 9.13 Å². The summed E-state index contributed by atoms with van der Waals surface area (Å²) < 4.78 is 46.7. The summed E-state index contributed by atoms with van der Waals surface area (Å²) in [6, 6.07) is 45.7. The second-order valence-corrected chi connectivity index (χ2v) is 22.7. The molecule has 9 rings (SSSR count). The van der Waals surface area contributed by atoms with Crippen molar-refractivity contribution in [3.63, 3.8) is 0 Å². The molecule has 7 aromatic carbocycles. The van der Waals surface area contributed by atoms with Gasteiger partial charge in [-0.1, -0.05) is 126 Å². The summed E-state index contributed by atoms with van der Waals surface area (Å²) in [5, 5.41) is 15.1. The van der Waals surface area contributed by atoms with Crippen molar-refractivity contribution in [2.24, 2.45) is 0 Å². The van der Waals surface area contributed by atoms with Gasteiger partial charge < -0.3 is 9.13 Å². The molecule has 0 N–H and O–H groups in total. The number of hydrogen-bond donors (Lipinski definition) is 0. The third-order valence-corrected chi connectivity index (χ3v) is 13.8. The highest BCUT2D eigenvalue weighted by Gasteiger charge is 2.31. The quantitative estimate of drug-likeness (QED) is 0.173. The highest BCUT2D eigenvalue weighted by molar-refractivity contribution is 6.12. The molecule has 9 aromatic rings. The standard InChI is InChI=1S/C61H60F3N3/c1-36-28-43(61(62,63)64)16-22-44(36)38-15-23-51(66-52-24-17-39(57(2,3)4)31-47(52)48-32-40(58(5,6)7)18-25-53(48)66)46(30-38)45-21-14-37(35-65)29-56(45)67-54-26-19-41(59(8,9)10)33-49(54)50-34-42(60(11,12)13)20-27-55(50)67/h14-34H,1-13H3. The molecular weight excluding hydrogens is 832 g/mol. The van der Waals surface area contributed by atoms with Crippen LogP contribution in [0.25, 0.3) is 77.2 Å². The molecule has 2 heterocycles. The molecule has 67 heavy (non-hydrogen) atoms. The zero-order valence-electron chi connectivity index (χ0n) is 41.1. The average Bonchev–Trinajstić information content (AvgIpc) is 3.75. The monoisotopic (exact) mass is 891 g/mol. The second-order valence-electron chi connectivity index (χ2n) is 22.7. The van der Waals surface area contributed by atoms with Gasteiger partial charge in [0.25, 0.3) is 0 Å². The van der Waals surface area contributed by atoms with E-state index in [0.717, 1.165) is 71.7 Å². The average molecular weight is 892 g/mol. The van der Waals surface area contributed by atoms with Crippen molar-refractivity contribution in [1.29, 1.82) is 5.26 Å². The summed E-state index contributed by atoms with van der Waals surface area (Å²) in [5.74, 6) is 0. The molecular formula is C61H60F3N3. The fourth-order valence-electron chi connectivity index (χ4n) is 9.72. The second kappa shape index (κ2) is 15.5. The molecule has 3 nitrogen and oxygen atoms in total. The number of alkyl halides is 3. The Labute approximate surface area is 393 Å². The van der Waals surface area contributed by atoms with Gasteiger partial charge in [0, 0.05) is 32.7 Å². The minimum atomic E-state index is -4.46. The first-order valence-corrected chi connectivity index (χ1v) is 23.3. The van der Waals surface area contributed by atoms with Crippen LogP contribution in [0.15, 0.2) is 127 Å². The van der Waals surface area contributed by atoms with Crippen LogP contribution in [0.5, 0.6) is 0 Å². The first-order valence-electron chi connectivity index (χ1n) is 23.3. The third kappa shape index (κ3) is 8.01. The molecule has 2 aromatic heterocycles. The molecule has 0 spiro atoms. The summed E-state index contributed by atoms with van der Waals surface area (Å²) in [4.78, 5) is 0. The molecule has 0 saturated heterocycles. The highest BCUT2D eigenvalue weighted by Crippen LogP contribution is 2.45. The van der Waals surface area contributed by atoms with E-state index in [4.69, 9.17) is 0 Å². The number of fused-ring (bicyclic) bond motifs is 6. The van der Waals surface area contributed by atoms with Crippen molar-refractivity contribution in [3.05, 3.63) is 166 Å². The number of rotatable bonds is 4. The molecule has 0 fully saturated rings. The number of nitriles is 1. The smallest absolute Gasteiger partial charge is 0.309 e. The van der Waals surface area contributed by atoms with Crippen LogP contribution in [0.4, 0.5) is 13.2 Å². The first-order chi connectivity index (χ1) is 31.2. The zero-order valence-corrected chi connectivity index (χ0v) is 41.1. The van der Waals surface area contributed by atoms with Gasteiger partial charge in [-0.3, -0.25) is 0 Å². The van der Waals surface area contributed by atoms with E-state index in [1.807, 2.05) is 24.3 Å². The predicted octanol–water partition coefficient (Wildman–Crippen LogP) is 17.6. The highest BCUT2D eigenvalue weighted by atomic mass is 19.4. The van der Waals surface area contributed by atoms with Gasteiger partial charge in [-0.15, -0.1) is 0 Å². The van der Waals surface area contributed by atoms with Crippen LogP contribution in [0.3, 0.4) is 0 Å². The number of nitrogens with zero attached hydrogens (tertiary/aromatic N) is 3. The maximum absolute atomic E-state index is 14.0. The Bertz CT molecular complexity index is 3360. The molecule has 0 saturated carbocycles. The Morgan fingerprint density at radius 2 is 0.776 bits per heavy atom. The maximum atomic E-state index is 14.0. The summed E-state index contributed by atoms with van der Waals surface area (Å²) >= 11 is 0. The normalized spacial score (nSPS) is 13.1. The summed E-state index contributed by atoms with van der Waals surface area (Å²) in [7, 11) is 0. The van der Waals surface area contributed by atoms with Gasteiger partial charge in [0.15, 0.2) is 0 Å². The Balaban J connectivity index is 1.42. The molecule has 0 amide bonds. The summed E-state index contributed by atoms with van der Waals surface area (Å²) in [6.07, 6.45) is -4.46. The lowest BCUT2D eigenvalue weighted by atomic mass is 9.85. The first kappa shape index (κ1) is 45.6. The molecule has 6 heteroatoms. The largest absolute Gasteiger partial charge is 0.416 e. The van der Waals surface area contributed by atoms with Crippen LogP contribution in [0, 0.1) is 18.3 Å². The fourth-order valence-corrected chi connectivity index (χ4v) is 9.72. The number of aryl methyl sites for hydroxylation is 1. The minimum absolute atomic E-state index is 0.0857. The van der Waals surface area contributed by atoms with E-state index < -0.39 is 11.7 Å². The Morgan fingerprint density at radius 3 is 1.15 bits per heavy atom. The van der Waals surface area contributed by atoms with E-state index in [0.29, 0.717) is 16.7 Å². The van der Waals surface area contributed by atoms with E-state index in [2.05, 4.69) is 183 Å². The Kier molecular flexibility index (Phi) is 10.5. The Hall–Kier alpha value is -6.58. The molecule has 0 aliphatic heterocycles. The zero-order chi connectivity index (χ0) is 48.3. The van der Waals surface area contributed by atoms with Crippen LogP contribution in [-0.2, 0) is 27.8 Å². The number of aromatic nitrogens is 2. The van der Waals surface area contributed by atoms with Gasteiger partial charge in [-0.25, -0.2) is 0 Å². The van der Waals surface area contributed by atoms with Crippen molar-refractivity contribution in [2.45, 2.75) is 118 Å². The van der Waals surface area contributed by atoms with Gasteiger partial charge in [-0.2, -0.15) is 18.4 Å². The molecule has 0 radical (unpaired) electrons. The third-order valence-electron chi connectivity index (χ3n) is 13.8. The van der Waals surface area contributed by atoms with Crippen molar-refractivity contribution in [1.82, 2.24) is 9.13 Å². The molecule has 0 atom stereocenters. The van der Waals surface area contributed by atoms with Gasteiger partial charge in [0.05, 0.1) is 50.6 Å². The van der Waals surface area contributed by atoms with E-state index in [-0.39, 0.29) is 21.7 Å². The SMILES string of the molecule is Cc1cc(C(F)(F)F)ccc1-c1ccc(-n2c3ccc(C(C)(C)C)cc3c3cc(C(C)(C)C)ccc32)c(-c2ccc(C#N)cc2-n2c3ccc(C(C)(C)C)cc3c3cc(C(C)(C)C)ccc32)c1. The molecule has 0 bridgehead atoms. The van der Waals surface area contributed by atoms with E-state index in [9.17, 15) is 18.4 Å². The maximum Gasteiger partial charge on any atom is 0.416 e. The molecule has 340 valence electrons. The lowest BCUT2D eigenvalue weighted by Crippen LogP contribution is -2.10. The summed E-state index contributed by atoms with van der Waals surface area (Å²) in [5.41, 5.74) is 14.1. The number of hydrogen-bond acceptors (Lipinski definition) is 1. The van der Waals surface area contributed by atoms with Crippen LogP contribution >= 0.6 is 0 Å². The van der Waals surface area contributed by atoms with Crippen molar-refractivity contribution in [2.75, 3.05) is 0 Å².